The van der Waals surface area contributed by atoms with E-state index >= 15 is 0 Å². The van der Waals surface area contributed by atoms with Crippen LogP contribution in [0.1, 0.15) is 16.2 Å². The fraction of sp³-hybridized carbons (Fsp3) is 0.300. The van der Waals surface area contributed by atoms with Gasteiger partial charge in [-0.3, -0.25) is 0 Å². The van der Waals surface area contributed by atoms with Crippen LogP contribution in [0.2, 0.25) is 0 Å². The number of esters is 1. The maximum atomic E-state index is 11.3. The Morgan fingerprint density at radius 2 is 2.11 bits per heavy atom. The van der Waals surface area contributed by atoms with Crippen molar-refractivity contribution in [3.05, 3.63) is 23.7 Å². The second-order valence-corrected chi connectivity index (χ2v) is 5.42. The van der Waals surface area contributed by atoms with Gasteiger partial charge in [-0.15, -0.1) is 5.10 Å². The first-order valence-corrected chi connectivity index (χ1v) is 6.96. The van der Waals surface area contributed by atoms with Crippen LogP contribution >= 0.6 is 0 Å². The summed E-state index contributed by atoms with van der Waals surface area (Å²) in [5.74, 6) is -0.690. The minimum absolute atomic E-state index is 0.0915. The normalized spacial score (nSPS) is 11.5. The molecular formula is C10H11N3O5S. The summed E-state index contributed by atoms with van der Waals surface area (Å²) in [6.07, 6.45) is 2.26. The van der Waals surface area contributed by atoms with E-state index in [9.17, 15) is 13.2 Å². The zero-order valence-corrected chi connectivity index (χ0v) is 11.3. The number of hydrogen-bond donors (Lipinski definition) is 0. The van der Waals surface area contributed by atoms with Crippen LogP contribution in [0.4, 0.5) is 0 Å². The maximum absolute atomic E-state index is 11.3. The number of hydrogen-bond acceptors (Lipinski definition) is 7. The van der Waals surface area contributed by atoms with E-state index in [0.717, 1.165) is 6.26 Å². The van der Waals surface area contributed by atoms with Gasteiger partial charge >= 0.3 is 16.1 Å². The molecule has 0 aliphatic carbocycles. The predicted molar refractivity (Wildman–Crippen MR) is 64.5 cm³/mol. The second-order valence-electron chi connectivity index (χ2n) is 3.84. The summed E-state index contributed by atoms with van der Waals surface area (Å²) in [7, 11) is -2.41. The van der Waals surface area contributed by atoms with Crippen molar-refractivity contribution in [3.63, 3.8) is 0 Å². The third-order valence-electron chi connectivity index (χ3n) is 2.21. The number of pyridine rings is 1. The molecule has 2 aromatic rings. The molecule has 0 unspecified atom stereocenters. The predicted octanol–water partition coefficient (Wildman–Crippen LogP) is 0.163. The number of fused-ring (bicyclic) bond motifs is 1. The highest BCUT2D eigenvalue weighted by Gasteiger charge is 2.16. The van der Waals surface area contributed by atoms with Gasteiger partial charge in [-0.2, -0.15) is 8.42 Å². The van der Waals surface area contributed by atoms with Crippen molar-refractivity contribution in [1.29, 1.82) is 0 Å². The zero-order valence-electron chi connectivity index (χ0n) is 10.4. The Kier molecular flexibility index (Phi) is 3.14. The highest BCUT2D eigenvalue weighted by Crippen LogP contribution is 2.18. The molecule has 0 aliphatic rings. The molecule has 19 heavy (non-hydrogen) atoms. The van der Waals surface area contributed by atoms with Crippen LogP contribution in [0, 0.1) is 6.92 Å². The molecule has 0 atom stereocenters. The highest BCUT2D eigenvalue weighted by molar-refractivity contribution is 7.86. The van der Waals surface area contributed by atoms with Crippen LogP contribution in [-0.4, -0.2) is 42.4 Å². The van der Waals surface area contributed by atoms with Crippen molar-refractivity contribution in [3.8, 4) is 5.75 Å². The molecule has 0 saturated carbocycles. The molecule has 0 N–H and O–H groups in total. The first-order chi connectivity index (χ1) is 8.80. The van der Waals surface area contributed by atoms with Gasteiger partial charge < -0.3 is 8.92 Å². The van der Waals surface area contributed by atoms with Gasteiger partial charge in [-0.05, 0) is 18.6 Å². The third kappa shape index (κ3) is 2.81. The lowest BCUT2D eigenvalue weighted by Gasteiger charge is -2.04. The monoisotopic (exact) mass is 285 g/mol. The van der Waals surface area contributed by atoms with Gasteiger partial charge in [0.15, 0.2) is 11.4 Å². The molecule has 2 rings (SSSR count). The highest BCUT2D eigenvalue weighted by atomic mass is 32.2. The first-order valence-electron chi connectivity index (χ1n) is 5.15. The minimum atomic E-state index is -3.63. The molecular weight excluding hydrogens is 274 g/mol. The third-order valence-corrected chi connectivity index (χ3v) is 2.70. The van der Waals surface area contributed by atoms with E-state index in [1.54, 1.807) is 6.92 Å². The Morgan fingerprint density at radius 1 is 1.42 bits per heavy atom. The van der Waals surface area contributed by atoms with Gasteiger partial charge in [0, 0.05) is 0 Å². The largest absolute Gasteiger partial charge is 0.463 e. The van der Waals surface area contributed by atoms with Gasteiger partial charge in [0.25, 0.3) is 5.82 Å². The number of rotatable bonds is 3. The molecule has 0 saturated heterocycles. The number of aryl methyl sites for hydroxylation is 1. The van der Waals surface area contributed by atoms with Gasteiger partial charge in [0.1, 0.15) is 0 Å². The summed E-state index contributed by atoms with van der Waals surface area (Å²) in [4.78, 5) is 15.3. The molecule has 0 spiro atoms. The molecule has 0 aromatic carbocycles. The van der Waals surface area contributed by atoms with Crippen molar-refractivity contribution < 1.29 is 22.1 Å². The average Bonchev–Trinajstić information content (AvgIpc) is 2.70. The summed E-state index contributed by atoms with van der Waals surface area (Å²) in [6.45, 7) is 1.69. The number of carbonyl (C=O) groups is 1. The smallest absolute Gasteiger partial charge is 0.377 e. The summed E-state index contributed by atoms with van der Waals surface area (Å²) in [6, 6.07) is 1.49. The Hall–Kier alpha value is -2.16. The summed E-state index contributed by atoms with van der Waals surface area (Å²) in [5, 5.41) is 3.89. The van der Waals surface area contributed by atoms with Crippen molar-refractivity contribution in [2.45, 2.75) is 6.92 Å². The summed E-state index contributed by atoms with van der Waals surface area (Å²) >= 11 is 0. The van der Waals surface area contributed by atoms with Crippen molar-refractivity contribution >= 4 is 21.7 Å². The van der Waals surface area contributed by atoms with E-state index in [4.69, 9.17) is 4.18 Å². The summed E-state index contributed by atoms with van der Waals surface area (Å²) in [5.41, 5.74) is 1.03. The minimum Gasteiger partial charge on any atom is -0.463 e. The van der Waals surface area contributed by atoms with Crippen LogP contribution in [0.15, 0.2) is 12.3 Å². The molecule has 102 valence electrons. The molecule has 0 amide bonds. The Morgan fingerprint density at radius 3 is 2.68 bits per heavy atom. The quantitative estimate of drug-likeness (QED) is 0.585. The van der Waals surface area contributed by atoms with Crippen LogP contribution in [0.5, 0.6) is 5.75 Å². The lowest BCUT2D eigenvalue weighted by Crippen LogP contribution is -2.07. The van der Waals surface area contributed by atoms with Crippen LogP contribution in [0.25, 0.3) is 5.65 Å². The van der Waals surface area contributed by atoms with E-state index in [1.807, 2.05) is 0 Å². The van der Waals surface area contributed by atoms with E-state index in [1.165, 1.54) is 23.9 Å². The van der Waals surface area contributed by atoms with E-state index in [-0.39, 0.29) is 11.6 Å². The Labute approximate surface area is 109 Å². The molecule has 0 aliphatic heterocycles. The van der Waals surface area contributed by atoms with E-state index in [2.05, 4.69) is 14.8 Å². The maximum Gasteiger partial charge on any atom is 0.377 e. The van der Waals surface area contributed by atoms with E-state index in [0.29, 0.717) is 11.2 Å². The number of nitrogens with zero attached hydrogens (tertiary/aromatic N) is 3. The van der Waals surface area contributed by atoms with Crippen LogP contribution in [-0.2, 0) is 14.9 Å². The fourth-order valence-corrected chi connectivity index (χ4v) is 1.96. The SMILES string of the molecule is COC(=O)c1nc2c(C)cc(OS(C)(=O)=O)cn2n1. The van der Waals surface area contributed by atoms with Gasteiger partial charge in [-0.25, -0.2) is 14.3 Å². The molecule has 0 bridgehead atoms. The van der Waals surface area contributed by atoms with Gasteiger partial charge in [-0.1, -0.05) is 0 Å². The number of aromatic nitrogens is 3. The van der Waals surface area contributed by atoms with E-state index < -0.39 is 16.1 Å². The number of ether oxygens (including phenoxy) is 1. The standard InChI is InChI=1S/C10H11N3O5S/c1-6-4-7(18-19(3,15)16)5-13-9(6)11-8(12-13)10(14)17-2/h4-5H,1-3H3. The molecule has 2 aromatic heterocycles. The molecule has 0 fully saturated rings. The lowest BCUT2D eigenvalue weighted by molar-refractivity contribution is 0.0587. The molecule has 9 heteroatoms. The zero-order chi connectivity index (χ0) is 14.2. The van der Waals surface area contributed by atoms with Gasteiger partial charge in [0.05, 0.1) is 19.6 Å². The fourth-order valence-electron chi connectivity index (χ4n) is 1.52. The number of methoxy groups -OCH3 is 1. The Balaban J connectivity index is 2.54. The Bertz CT molecular complexity index is 750. The first kappa shape index (κ1) is 13.3. The van der Waals surface area contributed by atoms with Crippen molar-refractivity contribution in [2.75, 3.05) is 13.4 Å². The average molecular weight is 285 g/mol. The van der Waals surface area contributed by atoms with Crippen LogP contribution in [0.3, 0.4) is 0 Å². The second kappa shape index (κ2) is 4.50. The molecule has 8 nitrogen and oxygen atoms in total. The molecule has 2 heterocycles. The number of carbonyl (C=O) groups excluding carboxylic acids is 1. The van der Waals surface area contributed by atoms with Crippen molar-refractivity contribution in [2.24, 2.45) is 0 Å². The van der Waals surface area contributed by atoms with Crippen LogP contribution < -0.4 is 4.18 Å². The topological polar surface area (TPSA) is 99.9 Å². The molecule has 0 radical (unpaired) electrons. The summed E-state index contributed by atoms with van der Waals surface area (Å²) < 4.78 is 32.7. The lowest BCUT2D eigenvalue weighted by atomic mass is 10.3. The van der Waals surface area contributed by atoms with Gasteiger partial charge in [0.2, 0.25) is 0 Å². The van der Waals surface area contributed by atoms with Crippen molar-refractivity contribution in [1.82, 2.24) is 14.6 Å².